The third-order valence-corrected chi connectivity index (χ3v) is 13.5. The van der Waals surface area contributed by atoms with Crippen LogP contribution in [0.15, 0.2) is 158 Å². The first-order chi connectivity index (χ1) is 34.4. The molecule has 0 fully saturated rings. The van der Waals surface area contributed by atoms with Crippen LogP contribution in [0.25, 0.3) is 21.5 Å². The molecule has 2 heterocycles. The highest BCUT2D eigenvalue weighted by molar-refractivity contribution is 6.02. The van der Waals surface area contributed by atoms with Crippen LogP contribution < -0.4 is 9.80 Å². The Bertz CT molecular complexity index is 2860. The number of carbonyl (C=O) groups is 2. The monoisotopic (exact) mass is 948 g/mol. The number of hydrogen-bond donors (Lipinski definition) is 4. The van der Waals surface area contributed by atoms with Gasteiger partial charge in [-0.25, -0.2) is 9.59 Å². The van der Waals surface area contributed by atoms with Gasteiger partial charge in [0, 0.05) is 53.4 Å². The number of benzene rings is 8. The van der Waals surface area contributed by atoms with Gasteiger partial charge in [0.25, 0.3) is 0 Å². The summed E-state index contributed by atoms with van der Waals surface area (Å²) in [7, 11) is 8.57. The number of hydrogen-bond acceptors (Lipinski definition) is 8. The van der Waals surface area contributed by atoms with E-state index in [1.54, 1.807) is 48.5 Å². The minimum absolute atomic E-state index is 0.0407. The molecule has 10 nitrogen and oxygen atoms in total. The molecule has 10 heteroatoms. The topological polar surface area (TPSA) is 128 Å². The molecule has 4 N–H and O–H groups in total. The molecule has 71 heavy (non-hydrogen) atoms. The lowest BCUT2D eigenvalue weighted by Crippen LogP contribution is -2.23. The van der Waals surface area contributed by atoms with Crippen molar-refractivity contribution in [1.82, 2.24) is 9.80 Å². The van der Waals surface area contributed by atoms with Crippen molar-refractivity contribution in [3.63, 3.8) is 0 Å². The van der Waals surface area contributed by atoms with E-state index in [2.05, 4.69) is 145 Å². The molecule has 0 aliphatic carbocycles. The zero-order valence-electron chi connectivity index (χ0n) is 41.2. The van der Waals surface area contributed by atoms with Crippen molar-refractivity contribution in [3.8, 4) is 11.5 Å². The summed E-state index contributed by atoms with van der Waals surface area (Å²) in [6.07, 6.45) is 6.86. The number of para-hydroxylation sites is 4. The molecular weight excluding hydrogens is 885 g/mol. The smallest absolute Gasteiger partial charge is 0.339 e. The third kappa shape index (κ3) is 11.5. The Morgan fingerprint density at radius 2 is 0.746 bits per heavy atom. The molecule has 0 atom stereocenters. The van der Waals surface area contributed by atoms with Gasteiger partial charge in [-0.2, -0.15) is 0 Å². The van der Waals surface area contributed by atoms with E-state index in [-0.39, 0.29) is 17.5 Å². The highest BCUT2D eigenvalue weighted by atomic mass is 16.4. The van der Waals surface area contributed by atoms with Crippen molar-refractivity contribution in [1.29, 1.82) is 0 Å². The average Bonchev–Trinajstić information content (AvgIpc) is 3.63. The maximum Gasteiger partial charge on any atom is 0.339 e. The standard InChI is InChI=1S/C23H16O6.2C19H24N2/c24-20-16(14-7-3-1-5-12(14)9-18(20)22(26)27)11-17-15-8-4-2-6-13(15)10-19(21(17)25)23(28)29;2*1-20(2)14-7-15-21-18-10-5-3-8-16(18)12-13-17-9-4-6-11-19(17)21/h1-10,24-25H,11H2,(H,26,27)(H,28,29);2*3-6,8-11H,7,12-15H2,1-2H3. The largest absolute Gasteiger partial charge is 0.507 e. The number of nitrogens with zero attached hydrogens (tertiary/aromatic N) is 4. The van der Waals surface area contributed by atoms with Gasteiger partial charge < -0.3 is 40.0 Å². The van der Waals surface area contributed by atoms with E-state index in [0.717, 1.165) is 51.9 Å². The first-order valence-corrected chi connectivity index (χ1v) is 24.5. The van der Waals surface area contributed by atoms with Crippen molar-refractivity contribution in [2.45, 2.75) is 44.9 Å². The summed E-state index contributed by atoms with van der Waals surface area (Å²) in [6, 6.07) is 52.2. The lowest BCUT2D eigenvalue weighted by Gasteiger charge is -2.27. The van der Waals surface area contributed by atoms with E-state index in [9.17, 15) is 30.0 Å². The molecule has 8 aromatic rings. The Kier molecular flexibility index (Phi) is 16.0. The number of aryl methyl sites for hydroxylation is 4. The maximum atomic E-state index is 11.6. The molecule has 8 aromatic carbocycles. The molecule has 0 saturated heterocycles. The average molecular weight is 949 g/mol. The lowest BCUT2D eigenvalue weighted by molar-refractivity contribution is 0.0682. The maximum absolute atomic E-state index is 11.6. The Hall–Kier alpha value is -7.66. The fourth-order valence-corrected chi connectivity index (χ4v) is 10.00. The van der Waals surface area contributed by atoms with Gasteiger partial charge in [-0.1, -0.05) is 121 Å². The molecular formula is C61H64N4O6. The fraction of sp³-hybridized carbons (Fsp3) is 0.246. The zero-order valence-corrected chi connectivity index (χ0v) is 41.2. The van der Waals surface area contributed by atoms with E-state index < -0.39 is 23.4 Å². The van der Waals surface area contributed by atoms with Crippen LogP contribution in [0.2, 0.25) is 0 Å². The SMILES string of the molecule is CN(C)CCCN1c2ccccc2CCc2ccccc21.CN(C)CCCN1c2ccccc2CCc2ccccc21.O=C(O)c1cc2ccccc2c(Cc2c(O)c(C(=O)O)cc3ccccc23)c1O. The van der Waals surface area contributed by atoms with E-state index >= 15 is 0 Å². The molecule has 0 bridgehead atoms. The van der Waals surface area contributed by atoms with Crippen LogP contribution in [0.3, 0.4) is 0 Å². The Balaban J connectivity index is 0.000000146. The molecule has 0 spiro atoms. The van der Waals surface area contributed by atoms with Crippen LogP contribution in [-0.4, -0.2) is 96.5 Å². The first kappa shape index (κ1) is 49.8. The van der Waals surface area contributed by atoms with Crippen molar-refractivity contribution < 1.29 is 30.0 Å². The molecule has 2 aliphatic rings. The van der Waals surface area contributed by atoms with Gasteiger partial charge in [0.2, 0.25) is 0 Å². The second kappa shape index (κ2) is 22.8. The zero-order chi connectivity index (χ0) is 50.0. The van der Waals surface area contributed by atoms with Crippen LogP contribution >= 0.6 is 0 Å². The van der Waals surface area contributed by atoms with Gasteiger partial charge >= 0.3 is 11.9 Å². The summed E-state index contributed by atoms with van der Waals surface area (Å²) in [5.74, 6) is -3.36. The second-order valence-corrected chi connectivity index (χ2v) is 18.9. The van der Waals surface area contributed by atoms with E-state index in [1.165, 1.54) is 70.0 Å². The summed E-state index contributed by atoms with van der Waals surface area (Å²) in [5.41, 5.74) is 11.6. The van der Waals surface area contributed by atoms with Crippen molar-refractivity contribution in [2.75, 3.05) is 64.2 Å². The van der Waals surface area contributed by atoms with Gasteiger partial charge in [-0.15, -0.1) is 0 Å². The number of carboxylic acids is 2. The predicted octanol–water partition coefficient (Wildman–Crippen LogP) is 12.1. The molecule has 364 valence electrons. The number of carboxylic acid groups (broad SMARTS) is 2. The number of rotatable bonds is 12. The van der Waals surface area contributed by atoms with Crippen LogP contribution in [0.1, 0.15) is 66.9 Å². The summed E-state index contributed by atoms with van der Waals surface area (Å²) >= 11 is 0. The molecule has 0 unspecified atom stereocenters. The molecule has 2 aliphatic heterocycles. The minimum atomic E-state index is -1.28. The third-order valence-electron chi connectivity index (χ3n) is 13.5. The number of aromatic hydroxyl groups is 2. The van der Waals surface area contributed by atoms with Crippen LogP contribution in [-0.2, 0) is 32.1 Å². The minimum Gasteiger partial charge on any atom is -0.507 e. The van der Waals surface area contributed by atoms with Gasteiger partial charge in [-0.3, -0.25) is 0 Å². The Morgan fingerprint density at radius 1 is 0.451 bits per heavy atom. The van der Waals surface area contributed by atoms with Crippen LogP contribution in [0.4, 0.5) is 22.7 Å². The van der Waals surface area contributed by atoms with Crippen molar-refractivity contribution in [3.05, 3.63) is 202 Å². The molecule has 0 amide bonds. The molecule has 10 rings (SSSR count). The van der Waals surface area contributed by atoms with Gasteiger partial charge in [0.1, 0.15) is 22.6 Å². The number of aromatic carboxylic acids is 2. The molecule has 0 radical (unpaired) electrons. The first-order valence-electron chi connectivity index (χ1n) is 24.5. The number of phenols is 2. The Morgan fingerprint density at radius 3 is 1.06 bits per heavy atom. The van der Waals surface area contributed by atoms with Gasteiger partial charge in [-0.05, 0) is 160 Å². The van der Waals surface area contributed by atoms with E-state index in [1.807, 2.05) is 0 Å². The highest BCUT2D eigenvalue weighted by Gasteiger charge is 2.24. The predicted molar refractivity (Wildman–Crippen MR) is 289 cm³/mol. The van der Waals surface area contributed by atoms with Gasteiger partial charge in [0.15, 0.2) is 0 Å². The normalized spacial score (nSPS) is 12.6. The van der Waals surface area contributed by atoms with Crippen LogP contribution in [0, 0.1) is 0 Å². The number of fused-ring (bicyclic) bond motifs is 6. The van der Waals surface area contributed by atoms with E-state index in [4.69, 9.17) is 0 Å². The summed E-state index contributed by atoms with van der Waals surface area (Å²) in [4.78, 5) is 32.8. The second-order valence-electron chi connectivity index (χ2n) is 18.9. The molecule has 0 saturated carbocycles. The quantitative estimate of drug-likeness (QED) is 0.0940. The summed E-state index contributed by atoms with van der Waals surface area (Å²) < 4.78 is 0. The fourth-order valence-electron chi connectivity index (χ4n) is 10.00. The molecule has 0 aromatic heterocycles. The van der Waals surface area contributed by atoms with E-state index in [0.29, 0.717) is 32.7 Å². The van der Waals surface area contributed by atoms with Gasteiger partial charge in [0.05, 0.1) is 0 Å². The highest BCUT2D eigenvalue weighted by Crippen LogP contribution is 2.40. The van der Waals surface area contributed by atoms with Crippen LogP contribution in [0.5, 0.6) is 11.5 Å². The summed E-state index contributed by atoms with van der Waals surface area (Å²) in [6.45, 7) is 4.40. The lowest BCUT2D eigenvalue weighted by atomic mass is 9.90. The van der Waals surface area contributed by atoms with Crippen molar-refractivity contribution >= 4 is 56.2 Å². The van der Waals surface area contributed by atoms with Crippen molar-refractivity contribution in [2.24, 2.45) is 0 Å². The summed E-state index contributed by atoms with van der Waals surface area (Å²) in [5, 5.41) is 42.8. The Labute approximate surface area is 417 Å². The number of anilines is 4.